The van der Waals surface area contributed by atoms with Crippen LogP contribution in [0.3, 0.4) is 0 Å². The SMILES string of the molecule is COC(=O)c1ccc(NC(=O)CSc2nc3ccccc3c(=O)n2-c2ccc(OC)cc2)cc1. The Morgan fingerprint density at radius 3 is 2.35 bits per heavy atom. The second-order valence-corrected chi connectivity index (χ2v) is 8.10. The largest absolute Gasteiger partial charge is 0.497 e. The third-order valence-electron chi connectivity index (χ3n) is 5.00. The number of ether oxygens (including phenoxy) is 2. The summed E-state index contributed by atoms with van der Waals surface area (Å²) in [6, 6.07) is 20.5. The van der Waals surface area contributed by atoms with Gasteiger partial charge in [0.25, 0.3) is 5.56 Å². The Morgan fingerprint density at radius 1 is 0.971 bits per heavy atom. The van der Waals surface area contributed by atoms with Crippen molar-refractivity contribution in [2.45, 2.75) is 5.16 Å². The highest BCUT2D eigenvalue weighted by molar-refractivity contribution is 7.99. The Bertz CT molecular complexity index is 1400. The molecule has 4 rings (SSSR count). The van der Waals surface area contributed by atoms with Crippen molar-refractivity contribution in [1.82, 2.24) is 9.55 Å². The lowest BCUT2D eigenvalue weighted by Gasteiger charge is -2.13. The lowest BCUT2D eigenvalue weighted by atomic mass is 10.2. The number of hydrogen-bond donors (Lipinski definition) is 1. The summed E-state index contributed by atoms with van der Waals surface area (Å²) < 4.78 is 11.4. The zero-order chi connectivity index (χ0) is 24.1. The van der Waals surface area contributed by atoms with E-state index in [2.05, 4.69) is 15.0 Å². The molecule has 0 saturated heterocycles. The topological polar surface area (TPSA) is 99.5 Å². The first-order valence-corrected chi connectivity index (χ1v) is 11.3. The van der Waals surface area contributed by atoms with Gasteiger partial charge in [0, 0.05) is 5.69 Å². The van der Waals surface area contributed by atoms with E-state index in [1.807, 2.05) is 6.07 Å². The first-order valence-electron chi connectivity index (χ1n) is 10.3. The number of hydrogen-bond acceptors (Lipinski definition) is 7. The van der Waals surface area contributed by atoms with Crippen molar-refractivity contribution < 1.29 is 19.1 Å². The Kier molecular flexibility index (Phi) is 6.93. The van der Waals surface area contributed by atoms with Crippen LogP contribution in [0.15, 0.2) is 82.7 Å². The van der Waals surface area contributed by atoms with Gasteiger partial charge >= 0.3 is 5.97 Å². The fourth-order valence-electron chi connectivity index (χ4n) is 3.30. The number of fused-ring (bicyclic) bond motifs is 1. The minimum atomic E-state index is -0.452. The van der Waals surface area contributed by atoms with E-state index in [-0.39, 0.29) is 17.2 Å². The summed E-state index contributed by atoms with van der Waals surface area (Å²) in [5.41, 5.74) is 1.87. The van der Waals surface area contributed by atoms with Gasteiger partial charge in [-0.3, -0.25) is 14.2 Å². The normalized spacial score (nSPS) is 10.6. The molecule has 0 radical (unpaired) electrons. The summed E-state index contributed by atoms with van der Waals surface area (Å²) in [5.74, 6) is -0.0381. The van der Waals surface area contributed by atoms with Crippen molar-refractivity contribution in [2.75, 3.05) is 25.3 Å². The predicted octanol–water partition coefficient (Wildman–Crippen LogP) is 3.91. The number of carbonyl (C=O) groups excluding carboxylic acids is 2. The summed E-state index contributed by atoms with van der Waals surface area (Å²) in [4.78, 5) is 42.1. The van der Waals surface area contributed by atoms with Gasteiger partial charge in [-0.05, 0) is 60.7 Å². The van der Waals surface area contributed by atoms with E-state index in [1.165, 1.54) is 11.7 Å². The Labute approximate surface area is 199 Å². The fourth-order valence-corrected chi connectivity index (χ4v) is 4.12. The van der Waals surface area contributed by atoms with Crippen LogP contribution in [0.4, 0.5) is 5.69 Å². The molecule has 0 saturated carbocycles. The predicted molar refractivity (Wildman–Crippen MR) is 131 cm³/mol. The van der Waals surface area contributed by atoms with E-state index >= 15 is 0 Å². The quantitative estimate of drug-likeness (QED) is 0.246. The van der Waals surface area contributed by atoms with Crippen LogP contribution >= 0.6 is 11.8 Å². The number of methoxy groups -OCH3 is 2. The standard InChI is InChI=1S/C25H21N3O5S/c1-32-19-13-11-18(12-14-19)28-23(30)20-5-3-4-6-21(20)27-25(28)34-15-22(29)26-17-9-7-16(8-10-17)24(31)33-2/h3-14H,15H2,1-2H3,(H,26,29). The van der Waals surface area contributed by atoms with Crippen LogP contribution in [-0.2, 0) is 9.53 Å². The van der Waals surface area contributed by atoms with Crippen LogP contribution in [0.25, 0.3) is 16.6 Å². The van der Waals surface area contributed by atoms with E-state index in [4.69, 9.17) is 4.74 Å². The van der Waals surface area contributed by atoms with Crippen molar-refractivity contribution in [3.05, 3.63) is 88.7 Å². The van der Waals surface area contributed by atoms with Gasteiger partial charge in [-0.25, -0.2) is 9.78 Å². The third-order valence-corrected chi connectivity index (χ3v) is 5.94. The molecule has 8 nitrogen and oxygen atoms in total. The number of anilines is 1. The molecule has 0 atom stereocenters. The molecule has 0 aliphatic rings. The van der Waals surface area contributed by atoms with Crippen LogP contribution in [0, 0.1) is 0 Å². The molecule has 34 heavy (non-hydrogen) atoms. The van der Waals surface area contributed by atoms with Gasteiger partial charge < -0.3 is 14.8 Å². The number of rotatable bonds is 7. The van der Waals surface area contributed by atoms with Gasteiger partial charge in [-0.2, -0.15) is 0 Å². The number of esters is 1. The number of amides is 1. The lowest BCUT2D eigenvalue weighted by molar-refractivity contribution is -0.113. The van der Waals surface area contributed by atoms with E-state index < -0.39 is 5.97 Å². The van der Waals surface area contributed by atoms with E-state index in [9.17, 15) is 14.4 Å². The van der Waals surface area contributed by atoms with Crippen molar-refractivity contribution in [3.8, 4) is 11.4 Å². The summed E-state index contributed by atoms with van der Waals surface area (Å²) in [6.07, 6.45) is 0. The summed E-state index contributed by atoms with van der Waals surface area (Å²) >= 11 is 1.15. The zero-order valence-electron chi connectivity index (χ0n) is 18.5. The number of carbonyl (C=O) groups is 2. The molecule has 0 aliphatic carbocycles. The Morgan fingerprint density at radius 2 is 1.68 bits per heavy atom. The smallest absolute Gasteiger partial charge is 0.337 e. The van der Waals surface area contributed by atoms with Gasteiger partial charge in [0.15, 0.2) is 5.16 Å². The monoisotopic (exact) mass is 475 g/mol. The number of aromatic nitrogens is 2. The highest BCUT2D eigenvalue weighted by atomic mass is 32.2. The third kappa shape index (κ3) is 4.94. The van der Waals surface area contributed by atoms with E-state index in [1.54, 1.807) is 73.8 Å². The summed E-state index contributed by atoms with van der Waals surface area (Å²) in [5, 5.41) is 3.66. The van der Waals surface area contributed by atoms with Crippen LogP contribution in [-0.4, -0.2) is 41.4 Å². The molecule has 3 aromatic carbocycles. The van der Waals surface area contributed by atoms with Crippen LogP contribution in [0.2, 0.25) is 0 Å². The van der Waals surface area contributed by atoms with Gasteiger partial charge in [-0.15, -0.1) is 0 Å². The highest BCUT2D eigenvalue weighted by Gasteiger charge is 2.15. The average molecular weight is 476 g/mol. The van der Waals surface area contributed by atoms with Crippen LogP contribution in [0.5, 0.6) is 5.75 Å². The van der Waals surface area contributed by atoms with Gasteiger partial charge in [0.05, 0.1) is 42.1 Å². The summed E-state index contributed by atoms with van der Waals surface area (Å²) in [6.45, 7) is 0. The van der Waals surface area contributed by atoms with Gasteiger partial charge in [0.2, 0.25) is 5.91 Å². The fraction of sp³-hybridized carbons (Fsp3) is 0.120. The minimum absolute atomic E-state index is 0.0275. The molecule has 4 aromatic rings. The number of para-hydroxylation sites is 1. The highest BCUT2D eigenvalue weighted by Crippen LogP contribution is 2.23. The molecule has 0 aliphatic heterocycles. The minimum Gasteiger partial charge on any atom is -0.497 e. The molecule has 1 aromatic heterocycles. The van der Waals surface area contributed by atoms with E-state index in [0.29, 0.717) is 38.7 Å². The number of benzene rings is 3. The maximum absolute atomic E-state index is 13.3. The molecule has 0 bridgehead atoms. The molecular weight excluding hydrogens is 454 g/mol. The molecule has 0 spiro atoms. The maximum Gasteiger partial charge on any atom is 0.337 e. The van der Waals surface area contributed by atoms with Crippen molar-refractivity contribution in [2.24, 2.45) is 0 Å². The average Bonchev–Trinajstić information content (AvgIpc) is 2.87. The molecule has 9 heteroatoms. The van der Waals surface area contributed by atoms with Gasteiger partial charge in [-0.1, -0.05) is 23.9 Å². The second-order valence-electron chi connectivity index (χ2n) is 7.16. The van der Waals surface area contributed by atoms with E-state index in [0.717, 1.165) is 11.8 Å². The molecule has 1 amide bonds. The zero-order valence-corrected chi connectivity index (χ0v) is 19.3. The first-order chi connectivity index (χ1) is 16.5. The van der Waals surface area contributed by atoms with Crippen molar-refractivity contribution >= 4 is 40.2 Å². The summed E-state index contributed by atoms with van der Waals surface area (Å²) in [7, 11) is 2.88. The molecule has 0 fully saturated rings. The first kappa shape index (κ1) is 23.1. The number of nitrogens with one attached hydrogen (secondary N) is 1. The molecule has 0 unspecified atom stereocenters. The van der Waals surface area contributed by atoms with Gasteiger partial charge in [0.1, 0.15) is 5.75 Å². The molecule has 1 N–H and O–H groups in total. The second kappa shape index (κ2) is 10.2. The van der Waals surface area contributed by atoms with Crippen molar-refractivity contribution in [3.63, 3.8) is 0 Å². The van der Waals surface area contributed by atoms with Crippen LogP contribution < -0.4 is 15.6 Å². The van der Waals surface area contributed by atoms with Crippen LogP contribution in [0.1, 0.15) is 10.4 Å². The van der Waals surface area contributed by atoms with Crippen molar-refractivity contribution in [1.29, 1.82) is 0 Å². The Balaban J connectivity index is 1.58. The Hall–Kier alpha value is -4.11. The molecule has 1 heterocycles. The number of nitrogens with zero attached hydrogens (tertiary/aromatic N) is 2. The molecule has 172 valence electrons. The maximum atomic E-state index is 13.3. The number of thioether (sulfide) groups is 1. The molecular formula is C25H21N3O5S. The lowest BCUT2D eigenvalue weighted by Crippen LogP contribution is -2.23.